The lowest BCUT2D eigenvalue weighted by molar-refractivity contribution is 0.0357. The molecule has 0 fully saturated rings. The van der Waals surface area contributed by atoms with Crippen molar-refractivity contribution < 1.29 is 18.3 Å². The zero-order valence-corrected chi connectivity index (χ0v) is 11.9. The van der Waals surface area contributed by atoms with Crippen LogP contribution in [0.15, 0.2) is 29.2 Å². The molecule has 0 amide bonds. The van der Waals surface area contributed by atoms with Gasteiger partial charge < -0.3 is 15.2 Å². The number of aliphatic hydroxyl groups is 1. The summed E-state index contributed by atoms with van der Waals surface area (Å²) in [4.78, 5) is 0.0116. The summed E-state index contributed by atoms with van der Waals surface area (Å²) in [6.07, 6.45) is 0.439. The zero-order chi connectivity index (χ0) is 14.5. The van der Waals surface area contributed by atoms with Crippen molar-refractivity contribution in [3.05, 3.63) is 24.3 Å². The average molecular weight is 288 g/mol. The van der Waals surface area contributed by atoms with E-state index in [9.17, 15) is 13.5 Å². The fourth-order valence-corrected chi connectivity index (χ4v) is 2.27. The Hall–Kier alpha value is -1.15. The normalized spacial score (nSPS) is 14.9. The number of methoxy groups -OCH3 is 1. The number of nitrogens with one attached hydrogen (secondary N) is 1. The van der Waals surface area contributed by atoms with Crippen LogP contribution in [0.2, 0.25) is 0 Å². The Balaban J connectivity index is 2.79. The number of anilines is 1. The van der Waals surface area contributed by atoms with Crippen molar-refractivity contribution >= 4 is 15.7 Å². The first-order valence-electron chi connectivity index (χ1n) is 5.83. The van der Waals surface area contributed by atoms with Gasteiger partial charge in [-0.3, -0.25) is 0 Å². The molecular formula is C12H20N2O4S. The van der Waals surface area contributed by atoms with Gasteiger partial charge in [0.25, 0.3) is 0 Å². The van der Waals surface area contributed by atoms with Gasteiger partial charge in [0.1, 0.15) is 4.90 Å². The third-order valence-corrected chi connectivity index (χ3v) is 3.67. The third-order valence-electron chi connectivity index (χ3n) is 2.70. The van der Waals surface area contributed by atoms with Crippen LogP contribution >= 0.6 is 0 Å². The molecular weight excluding hydrogens is 268 g/mol. The Morgan fingerprint density at radius 1 is 1.42 bits per heavy atom. The van der Waals surface area contributed by atoms with Crippen molar-refractivity contribution in [2.24, 2.45) is 5.14 Å². The predicted molar refractivity (Wildman–Crippen MR) is 73.4 cm³/mol. The second kappa shape index (κ2) is 6.33. The van der Waals surface area contributed by atoms with Crippen molar-refractivity contribution in [1.82, 2.24) is 0 Å². The van der Waals surface area contributed by atoms with E-state index in [1.165, 1.54) is 6.07 Å². The van der Waals surface area contributed by atoms with Crippen LogP contribution in [0, 0.1) is 0 Å². The van der Waals surface area contributed by atoms with Gasteiger partial charge in [-0.15, -0.1) is 0 Å². The van der Waals surface area contributed by atoms with E-state index in [4.69, 9.17) is 9.88 Å². The molecule has 1 aromatic rings. The van der Waals surface area contributed by atoms with E-state index in [-0.39, 0.29) is 11.4 Å². The Morgan fingerprint density at radius 3 is 2.63 bits per heavy atom. The lowest BCUT2D eigenvalue weighted by atomic mass is 10.0. The first-order valence-corrected chi connectivity index (χ1v) is 7.38. The highest BCUT2D eigenvalue weighted by molar-refractivity contribution is 7.89. The van der Waals surface area contributed by atoms with E-state index in [1.54, 1.807) is 32.2 Å². The van der Waals surface area contributed by atoms with Crippen molar-refractivity contribution in [3.63, 3.8) is 0 Å². The number of sulfonamides is 1. The number of primary sulfonamides is 1. The first-order chi connectivity index (χ1) is 8.76. The van der Waals surface area contributed by atoms with E-state index in [2.05, 4.69) is 5.32 Å². The molecule has 0 radical (unpaired) electrons. The van der Waals surface area contributed by atoms with Crippen LogP contribution in [-0.4, -0.2) is 39.4 Å². The van der Waals surface area contributed by atoms with E-state index in [0.717, 1.165) is 0 Å². The Labute approximate surface area is 113 Å². The second-order valence-corrected chi connectivity index (χ2v) is 6.16. The topological polar surface area (TPSA) is 102 Å². The molecule has 1 rings (SSSR count). The monoisotopic (exact) mass is 288 g/mol. The molecule has 0 spiro atoms. The lowest BCUT2D eigenvalue weighted by Crippen LogP contribution is -2.35. The molecule has 6 nitrogen and oxygen atoms in total. The molecule has 0 bridgehead atoms. The van der Waals surface area contributed by atoms with Crippen LogP contribution in [-0.2, 0) is 14.8 Å². The summed E-state index contributed by atoms with van der Waals surface area (Å²) in [6.45, 7) is 2.27. The maximum Gasteiger partial charge on any atom is 0.240 e. The molecule has 19 heavy (non-hydrogen) atoms. The van der Waals surface area contributed by atoms with Gasteiger partial charge in [-0.05, 0) is 19.1 Å². The highest BCUT2D eigenvalue weighted by atomic mass is 32.2. The molecule has 108 valence electrons. The van der Waals surface area contributed by atoms with Gasteiger partial charge in [0, 0.05) is 26.7 Å². The standard InChI is InChI=1S/C12H20N2O4S/c1-12(15,7-8-18-2)9-14-10-5-3-4-6-11(10)19(13,16)17/h3-6,14-15H,7-9H2,1-2H3,(H2,13,16,17). The van der Waals surface area contributed by atoms with Crippen molar-refractivity contribution in [2.45, 2.75) is 23.8 Å². The van der Waals surface area contributed by atoms with Gasteiger partial charge in [-0.2, -0.15) is 0 Å². The van der Waals surface area contributed by atoms with Crippen molar-refractivity contribution in [1.29, 1.82) is 0 Å². The number of para-hydroxylation sites is 1. The summed E-state index contributed by atoms with van der Waals surface area (Å²) in [5.74, 6) is 0. The van der Waals surface area contributed by atoms with E-state index < -0.39 is 15.6 Å². The first kappa shape index (κ1) is 15.9. The maximum absolute atomic E-state index is 11.4. The van der Waals surface area contributed by atoms with Crippen LogP contribution in [0.25, 0.3) is 0 Å². The summed E-state index contributed by atoms with van der Waals surface area (Å²) < 4.78 is 27.7. The molecule has 0 saturated heterocycles. The van der Waals surface area contributed by atoms with E-state index >= 15 is 0 Å². The minimum atomic E-state index is -3.79. The third kappa shape index (κ3) is 5.15. The average Bonchev–Trinajstić information content (AvgIpc) is 2.33. The number of hydrogen-bond donors (Lipinski definition) is 3. The molecule has 0 aliphatic rings. The summed E-state index contributed by atoms with van der Waals surface area (Å²) in [7, 11) is -2.23. The number of benzene rings is 1. The van der Waals surface area contributed by atoms with Gasteiger partial charge >= 0.3 is 0 Å². The fourth-order valence-electron chi connectivity index (χ4n) is 1.56. The van der Waals surface area contributed by atoms with Crippen LogP contribution in [0.5, 0.6) is 0 Å². The van der Waals surface area contributed by atoms with Crippen LogP contribution in [0.1, 0.15) is 13.3 Å². The molecule has 0 aromatic heterocycles. The van der Waals surface area contributed by atoms with Gasteiger partial charge in [-0.25, -0.2) is 13.6 Å². The maximum atomic E-state index is 11.4. The largest absolute Gasteiger partial charge is 0.388 e. The summed E-state index contributed by atoms with van der Waals surface area (Å²) in [5.41, 5.74) is -0.621. The fraction of sp³-hybridized carbons (Fsp3) is 0.500. The molecule has 1 aromatic carbocycles. The summed E-state index contributed by atoms with van der Waals surface area (Å²) in [6, 6.07) is 6.31. The van der Waals surface area contributed by atoms with E-state index in [0.29, 0.717) is 18.7 Å². The summed E-state index contributed by atoms with van der Waals surface area (Å²) >= 11 is 0. The van der Waals surface area contributed by atoms with Crippen molar-refractivity contribution in [2.75, 3.05) is 25.6 Å². The lowest BCUT2D eigenvalue weighted by Gasteiger charge is -2.24. The minimum absolute atomic E-state index is 0.0116. The highest BCUT2D eigenvalue weighted by Crippen LogP contribution is 2.20. The Bertz CT molecular complexity index is 514. The molecule has 4 N–H and O–H groups in total. The summed E-state index contributed by atoms with van der Waals surface area (Å²) in [5, 5.41) is 18.1. The quantitative estimate of drug-likeness (QED) is 0.679. The number of rotatable bonds is 7. The second-order valence-electron chi connectivity index (χ2n) is 4.63. The minimum Gasteiger partial charge on any atom is -0.388 e. The number of ether oxygens (including phenoxy) is 1. The van der Waals surface area contributed by atoms with Crippen LogP contribution in [0.3, 0.4) is 0 Å². The molecule has 0 aliphatic heterocycles. The van der Waals surface area contributed by atoms with Gasteiger partial charge in [-0.1, -0.05) is 12.1 Å². The van der Waals surface area contributed by atoms with Crippen LogP contribution < -0.4 is 10.5 Å². The van der Waals surface area contributed by atoms with Gasteiger partial charge in [0.15, 0.2) is 0 Å². The molecule has 1 atom stereocenters. The van der Waals surface area contributed by atoms with Crippen molar-refractivity contribution in [3.8, 4) is 0 Å². The van der Waals surface area contributed by atoms with Gasteiger partial charge in [0.05, 0.1) is 11.3 Å². The SMILES string of the molecule is COCCC(C)(O)CNc1ccccc1S(N)(=O)=O. The van der Waals surface area contributed by atoms with Crippen LogP contribution in [0.4, 0.5) is 5.69 Å². The highest BCUT2D eigenvalue weighted by Gasteiger charge is 2.21. The molecule has 0 heterocycles. The molecule has 0 aliphatic carbocycles. The van der Waals surface area contributed by atoms with E-state index in [1.807, 2.05) is 0 Å². The zero-order valence-electron chi connectivity index (χ0n) is 11.1. The predicted octanol–water partition coefficient (Wildman–Crippen LogP) is 0.533. The van der Waals surface area contributed by atoms with Gasteiger partial charge in [0.2, 0.25) is 10.0 Å². The number of hydrogen-bond acceptors (Lipinski definition) is 5. The number of nitrogens with two attached hydrogens (primary N) is 1. The Morgan fingerprint density at radius 2 is 2.05 bits per heavy atom. The Kier molecular flexibility index (Phi) is 5.30. The molecule has 0 saturated carbocycles. The smallest absolute Gasteiger partial charge is 0.240 e. The molecule has 7 heteroatoms. The molecule has 1 unspecified atom stereocenters.